The van der Waals surface area contributed by atoms with Crippen molar-refractivity contribution in [2.24, 2.45) is 5.73 Å². The van der Waals surface area contributed by atoms with E-state index in [1.807, 2.05) is 13.0 Å². The highest BCUT2D eigenvalue weighted by atomic mass is 35.5. The van der Waals surface area contributed by atoms with Crippen LogP contribution < -0.4 is 20.5 Å². The van der Waals surface area contributed by atoms with E-state index in [0.717, 1.165) is 37.1 Å². The number of ether oxygens (including phenoxy) is 2. The highest BCUT2D eigenvalue weighted by Gasteiger charge is 2.18. The molecule has 0 bridgehead atoms. The van der Waals surface area contributed by atoms with E-state index in [0.29, 0.717) is 23.4 Å². The third kappa shape index (κ3) is 3.88. The zero-order valence-corrected chi connectivity index (χ0v) is 14.4. The molecule has 1 aromatic heterocycles. The van der Waals surface area contributed by atoms with Gasteiger partial charge in [-0.2, -0.15) is 0 Å². The van der Waals surface area contributed by atoms with Crippen LogP contribution in [0.3, 0.4) is 0 Å². The molecule has 1 amide bonds. The number of nitrogens with two attached hydrogens (primary N) is 1. The number of pyridine rings is 1. The van der Waals surface area contributed by atoms with Crippen molar-refractivity contribution in [3.05, 3.63) is 30.0 Å². The molecule has 0 radical (unpaired) electrons. The fourth-order valence-corrected chi connectivity index (χ4v) is 2.82. The van der Waals surface area contributed by atoms with Crippen molar-refractivity contribution in [1.29, 1.82) is 0 Å². The summed E-state index contributed by atoms with van der Waals surface area (Å²) in [6.07, 6.45) is 3.94. The molecule has 3 N–H and O–H groups in total. The van der Waals surface area contributed by atoms with E-state index in [-0.39, 0.29) is 18.5 Å². The quantitative estimate of drug-likeness (QED) is 0.863. The average molecular weight is 352 g/mol. The summed E-state index contributed by atoms with van der Waals surface area (Å²) in [7, 11) is 0. The molecular formula is C17H22ClN3O3. The van der Waals surface area contributed by atoms with E-state index in [2.05, 4.69) is 10.3 Å². The third-order valence-corrected chi connectivity index (χ3v) is 3.91. The highest BCUT2D eigenvalue weighted by molar-refractivity contribution is 6.01. The van der Waals surface area contributed by atoms with Crippen molar-refractivity contribution in [2.45, 2.75) is 25.9 Å². The largest absolute Gasteiger partial charge is 0.493 e. The second kappa shape index (κ2) is 8.17. The summed E-state index contributed by atoms with van der Waals surface area (Å²) in [5.74, 6) is 0.688. The van der Waals surface area contributed by atoms with E-state index in [1.54, 1.807) is 18.3 Å². The van der Waals surface area contributed by atoms with Gasteiger partial charge in [-0.3, -0.25) is 9.78 Å². The first-order valence-corrected chi connectivity index (χ1v) is 7.91. The molecule has 6 nitrogen and oxygen atoms in total. The number of hydrogen-bond donors (Lipinski definition) is 2. The summed E-state index contributed by atoms with van der Waals surface area (Å²) in [4.78, 5) is 15.9. The van der Waals surface area contributed by atoms with E-state index in [4.69, 9.17) is 15.2 Å². The molecule has 0 aliphatic carbocycles. The van der Waals surface area contributed by atoms with Crippen LogP contribution in [-0.2, 0) is 0 Å². The molecule has 24 heavy (non-hydrogen) atoms. The van der Waals surface area contributed by atoms with Crippen molar-refractivity contribution in [3.63, 3.8) is 0 Å². The predicted molar refractivity (Wildman–Crippen MR) is 95.2 cm³/mol. The van der Waals surface area contributed by atoms with Crippen molar-refractivity contribution in [3.8, 4) is 11.5 Å². The maximum Gasteiger partial charge on any atom is 0.252 e. The number of aromatic nitrogens is 1. The Morgan fingerprint density at radius 2 is 2.25 bits per heavy atom. The van der Waals surface area contributed by atoms with Gasteiger partial charge in [0.1, 0.15) is 17.6 Å². The van der Waals surface area contributed by atoms with Gasteiger partial charge in [0.05, 0.1) is 17.7 Å². The van der Waals surface area contributed by atoms with Crippen LogP contribution in [0.5, 0.6) is 11.5 Å². The highest BCUT2D eigenvalue weighted by Crippen LogP contribution is 2.32. The first-order chi connectivity index (χ1) is 11.2. The lowest BCUT2D eigenvalue weighted by atomic mass is 10.1. The van der Waals surface area contributed by atoms with Gasteiger partial charge in [0.15, 0.2) is 0 Å². The van der Waals surface area contributed by atoms with Gasteiger partial charge in [0.25, 0.3) is 5.91 Å². The van der Waals surface area contributed by atoms with E-state index >= 15 is 0 Å². The zero-order valence-electron chi connectivity index (χ0n) is 13.6. The number of nitrogens with one attached hydrogen (secondary N) is 1. The molecule has 0 saturated carbocycles. The number of carbonyl (C=O) groups excluding carboxylic acids is 1. The third-order valence-electron chi connectivity index (χ3n) is 3.91. The number of hydrogen-bond acceptors (Lipinski definition) is 5. The van der Waals surface area contributed by atoms with Gasteiger partial charge in [-0.1, -0.05) is 0 Å². The molecule has 1 aliphatic heterocycles. The fourth-order valence-electron chi connectivity index (χ4n) is 2.82. The van der Waals surface area contributed by atoms with E-state index < -0.39 is 5.91 Å². The molecule has 2 aromatic rings. The molecule has 1 atom stereocenters. The fraction of sp³-hybridized carbons (Fsp3) is 0.412. The Morgan fingerprint density at radius 3 is 2.92 bits per heavy atom. The van der Waals surface area contributed by atoms with Crippen molar-refractivity contribution < 1.29 is 14.3 Å². The lowest BCUT2D eigenvalue weighted by molar-refractivity contribution is 0.0996. The van der Waals surface area contributed by atoms with Crippen molar-refractivity contribution in [2.75, 3.05) is 19.7 Å². The molecule has 2 heterocycles. The maximum absolute atomic E-state index is 11.6. The molecule has 3 rings (SSSR count). The number of primary amides is 1. The maximum atomic E-state index is 11.6. The summed E-state index contributed by atoms with van der Waals surface area (Å²) in [6, 6.07) is 5.29. The van der Waals surface area contributed by atoms with Gasteiger partial charge in [0.2, 0.25) is 0 Å². The second-order valence-electron chi connectivity index (χ2n) is 5.56. The van der Waals surface area contributed by atoms with Crippen LogP contribution in [0.15, 0.2) is 24.4 Å². The summed E-state index contributed by atoms with van der Waals surface area (Å²) in [5.41, 5.74) is 6.44. The Balaban J connectivity index is 0.00000208. The summed E-state index contributed by atoms with van der Waals surface area (Å²) in [5, 5.41) is 4.16. The van der Waals surface area contributed by atoms with Gasteiger partial charge < -0.3 is 20.5 Å². The van der Waals surface area contributed by atoms with Crippen LogP contribution in [0, 0.1) is 0 Å². The van der Waals surface area contributed by atoms with Gasteiger partial charge in [-0.15, -0.1) is 12.4 Å². The Bertz CT molecular complexity index is 718. The molecule has 1 fully saturated rings. The van der Waals surface area contributed by atoms with Crippen LogP contribution in [0.4, 0.5) is 0 Å². The second-order valence-corrected chi connectivity index (χ2v) is 5.56. The molecule has 1 saturated heterocycles. The summed E-state index contributed by atoms with van der Waals surface area (Å²) >= 11 is 0. The average Bonchev–Trinajstić information content (AvgIpc) is 2.56. The van der Waals surface area contributed by atoms with Gasteiger partial charge >= 0.3 is 0 Å². The minimum Gasteiger partial charge on any atom is -0.493 e. The molecule has 1 aromatic carbocycles. The smallest absolute Gasteiger partial charge is 0.252 e. The number of rotatable bonds is 5. The van der Waals surface area contributed by atoms with Crippen LogP contribution in [0.1, 0.15) is 30.1 Å². The SMILES string of the molecule is CCOc1cc2c(OC3CCCNC3)ccnc2cc1C(N)=O.Cl. The van der Waals surface area contributed by atoms with Crippen molar-refractivity contribution >= 4 is 29.2 Å². The summed E-state index contributed by atoms with van der Waals surface area (Å²) in [6.45, 7) is 4.19. The van der Waals surface area contributed by atoms with Gasteiger partial charge in [-0.25, -0.2) is 0 Å². The lowest BCUT2D eigenvalue weighted by Crippen LogP contribution is -2.37. The number of nitrogens with zero attached hydrogens (tertiary/aromatic N) is 1. The molecule has 0 spiro atoms. The first kappa shape index (κ1) is 18.3. The standard InChI is InChI=1S/C17H21N3O3.ClH/c1-2-22-16-9-12-14(8-13(16)17(18)21)20-7-5-15(12)23-11-4-3-6-19-10-11;/h5,7-9,11,19H,2-4,6,10H2,1H3,(H2,18,21);1H. The Hall–Kier alpha value is -2.05. The molecule has 1 aliphatic rings. The Morgan fingerprint density at radius 1 is 1.42 bits per heavy atom. The molecular weight excluding hydrogens is 330 g/mol. The van der Waals surface area contributed by atoms with Crippen LogP contribution >= 0.6 is 12.4 Å². The van der Waals surface area contributed by atoms with Gasteiger partial charge in [0, 0.05) is 18.1 Å². The van der Waals surface area contributed by atoms with Crippen molar-refractivity contribution in [1.82, 2.24) is 10.3 Å². The number of carbonyl (C=O) groups is 1. The first-order valence-electron chi connectivity index (χ1n) is 7.91. The Labute approximate surface area is 147 Å². The zero-order chi connectivity index (χ0) is 16.2. The van der Waals surface area contributed by atoms with E-state index in [1.165, 1.54) is 0 Å². The number of benzene rings is 1. The predicted octanol–water partition coefficient (Wildman–Crippen LogP) is 2.28. The number of halogens is 1. The summed E-state index contributed by atoms with van der Waals surface area (Å²) < 4.78 is 11.7. The normalized spacial score (nSPS) is 17.1. The molecule has 7 heteroatoms. The molecule has 130 valence electrons. The van der Waals surface area contributed by atoms with Gasteiger partial charge in [-0.05, 0) is 44.5 Å². The Kier molecular flexibility index (Phi) is 6.23. The minimum atomic E-state index is -0.528. The number of amides is 1. The lowest BCUT2D eigenvalue weighted by Gasteiger charge is -2.24. The number of fused-ring (bicyclic) bond motifs is 1. The minimum absolute atomic E-state index is 0. The van der Waals surface area contributed by atoms with Crippen LogP contribution in [0.25, 0.3) is 10.9 Å². The van der Waals surface area contributed by atoms with Crippen LogP contribution in [0.2, 0.25) is 0 Å². The number of piperidine rings is 1. The topological polar surface area (TPSA) is 86.5 Å². The van der Waals surface area contributed by atoms with E-state index in [9.17, 15) is 4.79 Å². The monoisotopic (exact) mass is 351 g/mol. The van der Waals surface area contributed by atoms with Crippen LogP contribution in [-0.4, -0.2) is 36.7 Å². The molecule has 1 unspecified atom stereocenters.